The maximum Gasteiger partial charge on any atom is 0.235 e. The smallest absolute Gasteiger partial charge is 0.235 e. The Labute approximate surface area is 276 Å². The number of rotatable bonds is 3. The monoisotopic (exact) mass is 633 g/mol. The van der Waals surface area contributed by atoms with Gasteiger partial charge >= 0.3 is 0 Å². The number of aromatic nitrogens is 3. The van der Waals surface area contributed by atoms with Crippen molar-refractivity contribution in [2.24, 2.45) is 0 Å². The molecule has 0 bridgehead atoms. The van der Waals surface area contributed by atoms with E-state index in [4.69, 9.17) is 9.97 Å². The molecule has 218 valence electrons. The summed E-state index contributed by atoms with van der Waals surface area (Å²) in [5.41, 5.74) is 7.68. The number of fused-ring (bicyclic) bond motifs is 3. The van der Waals surface area contributed by atoms with E-state index in [0.29, 0.717) is 5.95 Å². The SMILES string of the molecule is c1ccc(-c2cccc(-c3nc(-n4c5ccc6cccc7sc8cccc9ccc4c(c98)c5c67)nc4c3sc3ccccc34)c2)cc1. The molecule has 0 saturated heterocycles. The molecule has 3 nitrogen and oxygen atoms in total. The first-order valence-electron chi connectivity index (χ1n) is 15.8. The molecule has 0 saturated carbocycles. The van der Waals surface area contributed by atoms with Gasteiger partial charge in [-0.05, 0) is 58.3 Å². The molecular formula is C42H23N3S2. The normalized spacial score (nSPS) is 12.3. The van der Waals surface area contributed by atoms with E-state index < -0.39 is 0 Å². The molecule has 4 aromatic heterocycles. The van der Waals surface area contributed by atoms with Gasteiger partial charge in [-0.15, -0.1) is 22.7 Å². The Morgan fingerprint density at radius 2 is 1.06 bits per heavy atom. The summed E-state index contributed by atoms with van der Waals surface area (Å²) in [6.07, 6.45) is 0. The van der Waals surface area contributed by atoms with Crippen molar-refractivity contribution in [1.82, 2.24) is 14.5 Å². The number of nitrogens with zero attached hydrogens (tertiary/aromatic N) is 3. The van der Waals surface area contributed by atoms with Gasteiger partial charge in [0.15, 0.2) is 0 Å². The van der Waals surface area contributed by atoms with Gasteiger partial charge in [0.1, 0.15) is 0 Å². The second kappa shape index (κ2) is 9.46. The third kappa shape index (κ3) is 3.55. The summed E-state index contributed by atoms with van der Waals surface area (Å²) < 4.78 is 7.21. The average molecular weight is 634 g/mol. The van der Waals surface area contributed by atoms with Crippen molar-refractivity contribution < 1.29 is 0 Å². The molecule has 0 aliphatic heterocycles. The van der Waals surface area contributed by atoms with Crippen LogP contribution < -0.4 is 0 Å². The molecule has 0 fully saturated rings. The summed E-state index contributed by atoms with van der Waals surface area (Å²) in [5, 5.41) is 8.84. The van der Waals surface area contributed by atoms with Gasteiger partial charge in [0.05, 0.1) is 26.9 Å². The highest BCUT2D eigenvalue weighted by atomic mass is 32.1. The first kappa shape index (κ1) is 25.6. The van der Waals surface area contributed by atoms with Crippen LogP contribution in [0.15, 0.2) is 140 Å². The van der Waals surface area contributed by atoms with Crippen molar-refractivity contribution in [3.05, 3.63) is 140 Å². The summed E-state index contributed by atoms with van der Waals surface area (Å²) in [4.78, 5) is 10.9. The number of thiophene rings is 1. The van der Waals surface area contributed by atoms with E-state index in [9.17, 15) is 0 Å². The Balaban J connectivity index is 1.30. The highest BCUT2D eigenvalue weighted by Crippen LogP contribution is 2.47. The summed E-state index contributed by atoms with van der Waals surface area (Å²) in [7, 11) is 0. The lowest BCUT2D eigenvalue weighted by Gasteiger charge is -2.12. The van der Waals surface area contributed by atoms with E-state index in [1.807, 2.05) is 11.3 Å². The standard InChI is InChI=1S/C42H23N3S2/c1-2-9-24(10-3-1)27-13-6-14-28(23-27)39-41-40(29-15-4-5-16-32(29)47-41)44-42(43-39)45-30-21-19-25-11-7-17-33-35(25)37(30)38-31(45)22-20-26-12-8-18-34(46-33)36(26)38/h1-23H. The molecule has 11 rings (SSSR count). The number of benzene rings is 7. The van der Waals surface area contributed by atoms with Crippen LogP contribution in [-0.4, -0.2) is 14.5 Å². The zero-order chi connectivity index (χ0) is 30.6. The maximum absolute atomic E-state index is 5.50. The van der Waals surface area contributed by atoms with Crippen LogP contribution in [0, 0.1) is 0 Å². The van der Waals surface area contributed by atoms with E-state index in [1.54, 1.807) is 11.3 Å². The van der Waals surface area contributed by atoms with Crippen LogP contribution in [0.4, 0.5) is 0 Å². The van der Waals surface area contributed by atoms with Gasteiger partial charge < -0.3 is 0 Å². The molecule has 0 unspecified atom stereocenters. The van der Waals surface area contributed by atoms with Crippen LogP contribution in [0.2, 0.25) is 0 Å². The maximum atomic E-state index is 5.50. The summed E-state index contributed by atoms with van der Waals surface area (Å²) in [6, 6.07) is 50.3. The van der Waals surface area contributed by atoms with E-state index in [1.165, 1.54) is 57.5 Å². The van der Waals surface area contributed by atoms with Crippen molar-refractivity contribution in [2.75, 3.05) is 0 Å². The molecule has 11 aromatic rings. The molecular weight excluding hydrogens is 611 g/mol. The lowest BCUT2D eigenvalue weighted by atomic mass is 10.00. The first-order chi connectivity index (χ1) is 23.3. The van der Waals surface area contributed by atoms with Crippen LogP contribution in [-0.2, 0) is 0 Å². The van der Waals surface area contributed by atoms with Crippen molar-refractivity contribution in [2.45, 2.75) is 0 Å². The quantitative estimate of drug-likeness (QED) is 0.194. The van der Waals surface area contributed by atoms with Crippen LogP contribution in [0.1, 0.15) is 0 Å². The van der Waals surface area contributed by atoms with Gasteiger partial charge in [-0.1, -0.05) is 103 Å². The van der Waals surface area contributed by atoms with Gasteiger partial charge in [-0.25, -0.2) is 9.97 Å². The molecule has 0 N–H and O–H groups in total. The van der Waals surface area contributed by atoms with Gasteiger partial charge in [-0.2, -0.15) is 0 Å². The molecule has 4 heterocycles. The molecule has 5 heteroatoms. The lowest BCUT2D eigenvalue weighted by molar-refractivity contribution is 1.02. The Kier molecular flexibility index (Phi) is 5.14. The minimum absolute atomic E-state index is 0.697. The molecule has 0 atom stereocenters. The average Bonchev–Trinajstić information content (AvgIpc) is 3.63. The van der Waals surface area contributed by atoms with Crippen molar-refractivity contribution in [1.29, 1.82) is 0 Å². The highest BCUT2D eigenvalue weighted by molar-refractivity contribution is 7.26. The third-order valence-electron chi connectivity index (χ3n) is 9.57. The van der Waals surface area contributed by atoms with Gasteiger partial charge in [0.2, 0.25) is 5.95 Å². The minimum Gasteiger partial charge on any atom is -0.278 e. The Hall–Kier alpha value is -5.62. The molecule has 47 heavy (non-hydrogen) atoms. The van der Waals surface area contributed by atoms with E-state index in [0.717, 1.165) is 37.9 Å². The van der Waals surface area contributed by atoms with E-state index in [2.05, 4.69) is 144 Å². The second-order valence-electron chi connectivity index (χ2n) is 12.2. The van der Waals surface area contributed by atoms with Gasteiger partial charge in [0, 0.05) is 46.6 Å². The Morgan fingerprint density at radius 1 is 0.447 bits per heavy atom. The van der Waals surface area contributed by atoms with Crippen molar-refractivity contribution >= 4 is 95.7 Å². The summed E-state index contributed by atoms with van der Waals surface area (Å²) in [6.45, 7) is 0. The Morgan fingerprint density at radius 3 is 1.81 bits per heavy atom. The second-order valence-corrected chi connectivity index (χ2v) is 14.3. The largest absolute Gasteiger partial charge is 0.278 e. The Bertz CT molecular complexity index is 2920. The van der Waals surface area contributed by atoms with Crippen LogP contribution >= 0.6 is 22.7 Å². The zero-order valence-electron chi connectivity index (χ0n) is 24.9. The zero-order valence-corrected chi connectivity index (χ0v) is 26.6. The predicted molar refractivity (Wildman–Crippen MR) is 202 cm³/mol. The predicted octanol–water partition coefficient (Wildman–Crippen LogP) is 12.2. The number of hydrogen-bond acceptors (Lipinski definition) is 4. The van der Waals surface area contributed by atoms with Crippen LogP contribution in [0.5, 0.6) is 0 Å². The minimum atomic E-state index is 0.697. The molecule has 0 radical (unpaired) electrons. The summed E-state index contributed by atoms with van der Waals surface area (Å²) in [5.74, 6) is 0.697. The van der Waals surface area contributed by atoms with Crippen LogP contribution in [0.25, 0.3) is 101 Å². The summed E-state index contributed by atoms with van der Waals surface area (Å²) >= 11 is 3.65. The van der Waals surface area contributed by atoms with Gasteiger partial charge in [0.25, 0.3) is 0 Å². The molecule has 0 spiro atoms. The first-order valence-corrected chi connectivity index (χ1v) is 17.4. The molecule has 0 amide bonds. The lowest BCUT2D eigenvalue weighted by Crippen LogP contribution is -2.03. The number of hydrogen-bond donors (Lipinski definition) is 0. The molecule has 0 aliphatic carbocycles. The van der Waals surface area contributed by atoms with Crippen LogP contribution in [0.3, 0.4) is 0 Å². The fraction of sp³-hybridized carbons (Fsp3) is 0. The van der Waals surface area contributed by atoms with Crippen molar-refractivity contribution in [3.63, 3.8) is 0 Å². The third-order valence-corrected chi connectivity index (χ3v) is 11.9. The fourth-order valence-electron chi connectivity index (χ4n) is 7.53. The van der Waals surface area contributed by atoms with E-state index >= 15 is 0 Å². The van der Waals surface area contributed by atoms with Gasteiger partial charge in [-0.3, -0.25) is 4.57 Å². The topological polar surface area (TPSA) is 30.7 Å². The fourth-order valence-corrected chi connectivity index (χ4v) is 9.86. The molecule has 7 aromatic carbocycles. The van der Waals surface area contributed by atoms with Crippen molar-refractivity contribution in [3.8, 4) is 28.3 Å². The highest BCUT2D eigenvalue weighted by Gasteiger charge is 2.23. The van der Waals surface area contributed by atoms with E-state index in [-0.39, 0.29) is 0 Å². The molecule has 0 aliphatic rings.